The molecule has 0 spiro atoms. The van der Waals surface area contributed by atoms with Gasteiger partial charge in [-0.2, -0.15) is 0 Å². The van der Waals surface area contributed by atoms with E-state index in [9.17, 15) is 4.79 Å². The topological polar surface area (TPSA) is 65.2 Å². The Morgan fingerprint density at radius 1 is 0.867 bits per heavy atom. The number of esters is 1. The molecule has 0 amide bonds. The quantitative estimate of drug-likeness (QED) is 0.402. The number of hydrogen-bond acceptors (Lipinski definition) is 5. The molecule has 0 bridgehead atoms. The van der Waals surface area contributed by atoms with Gasteiger partial charge in [0.25, 0.3) is 5.89 Å². The number of aromatic nitrogens is 2. The van der Waals surface area contributed by atoms with Crippen molar-refractivity contribution in [3.05, 3.63) is 108 Å². The normalized spacial score (nSPS) is 12.0. The third-order valence-electron chi connectivity index (χ3n) is 4.85. The molecule has 150 valence electrons. The summed E-state index contributed by atoms with van der Waals surface area (Å²) in [5, 5.41) is 8.20. The minimum Gasteiger partial charge on any atom is -0.452 e. The second kappa shape index (κ2) is 8.74. The van der Waals surface area contributed by atoms with E-state index in [0.717, 1.165) is 22.3 Å². The minimum absolute atomic E-state index is 0.264. The van der Waals surface area contributed by atoms with Gasteiger partial charge in [0.05, 0.1) is 0 Å². The van der Waals surface area contributed by atoms with Gasteiger partial charge in [0, 0.05) is 5.56 Å². The molecule has 1 atom stereocenters. The Hall–Kier alpha value is -3.73. The molecule has 0 aliphatic rings. The van der Waals surface area contributed by atoms with Crippen LogP contribution in [0.4, 0.5) is 0 Å². The van der Waals surface area contributed by atoms with E-state index < -0.39 is 12.0 Å². The average Bonchev–Trinajstić information content (AvgIpc) is 3.26. The summed E-state index contributed by atoms with van der Waals surface area (Å²) in [5.74, 6) is -0.233. The highest BCUT2D eigenvalue weighted by atomic mass is 16.6. The lowest BCUT2D eigenvalue weighted by Gasteiger charge is -2.19. The van der Waals surface area contributed by atoms with Crippen LogP contribution in [0.2, 0.25) is 0 Å². The summed E-state index contributed by atoms with van der Waals surface area (Å²) in [5.41, 5.74) is 3.66. The fourth-order valence-electron chi connectivity index (χ4n) is 3.34. The van der Waals surface area contributed by atoms with Gasteiger partial charge >= 0.3 is 5.97 Å². The fourth-order valence-corrected chi connectivity index (χ4v) is 3.34. The molecular weight excluding hydrogens is 376 g/mol. The van der Waals surface area contributed by atoms with Crippen LogP contribution < -0.4 is 0 Å². The van der Waals surface area contributed by atoms with Crippen LogP contribution in [-0.2, 0) is 9.53 Å². The molecule has 5 heteroatoms. The fraction of sp³-hybridized carbons (Fsp3) is 0.160. The molecule has 0 N–H and O–H groups in total. The van der Waals surface area contributed by atoms with E-state index >= 15 is 0 Å². The third kappa shape index (κ3) is 4.30. The highest BCUT2D eigenvalue weighted by molar-refractivity contribution is 5.82. The number of carbonyl (C=O) groups is 1. The van der Waals surface area contributed by atoms with Crippen LogP contribution >= 0.6 is 0 Å². The summed E-state index contributed by atoms with van der Waals surface area (Å²) < 4.78 is 11.5. The van der Waals surface area contributed by atoms with E-state index in [1.54, 1.807) is 6.92 Å². The minimum atomic E-state index is -0.668. The molecule has 0 radical (unpaired) electrons. The van der Waals surface area contributed by atoms with Crippen LogP contribution in [0.1, 0.15) is 41.5 Å². The van der Waals surface area contributed by atoms with Crippen molar-refractivity contribution in [3.63, 3.8) is 0 Å². The molecule has 5 nitrogen and oxygen atoms in total. The van der Waals surface area contributed by atoms with E-state index in [2.05, 4.69) is 10.2 Å². The maximum absolute atomic E-state index is 13.1. The predicted octanol–water partition coefficient (Wildman–Crippen LogP) is 5.48. The number of aryl methyl sites for hydroxylation is 1. The first-order valence-electron chi connectivity index (χ1n) is 9.82. The van der Waals surface area contributed by atoms with Gasteiger partial charge in [-0.1, -0.05) is 78.4 Å². The lowest BCUT2D eigenvalue weighted by Crippen LogP contribution is -2.19. The summed E-state index contributed by atoms with van der Waals surface area (Å²) in [6.07, 6.45) is -0.668. The van der Waals surface area contributed by atoms with Gasteiger partial charge in [-0.15, -0.1) is 10.2 Å². The van der Waals surface area contributed by atoms with Crippen LogP contribution in [0.25, 0.3) is 11.5 Å². The van der Waals surface area contributed by atoms with E-state index in [-0.39, 0.29) is 11.9 Å². The Labute approximate surface area is 175 Å². The van der Waals surface area contributed by atoms with Crippen LogP contribution in [0, 0.1) is 6.92 Å². The zero-order valence-electron chi connectivity index (χ0n) is 16.9. The number of hydrogen-bond donors (Lipinski definition) is 0. The molecule has 0 aliphatic heterocycles. The summed E-state index contributed by atoms with van der Waals surface area (Å²) in [4.78, 5) is 13.1. The van der Waals surface area contributed by atoms with Gasteiger partial charge in [0.15, 0.2) is 6.10 Å². The Bertz CT molecular complexity index is 1080. The lowest BCUT2D eigenvalue weighted by molar-refractivity contribution is -0.150. The lowest BCUT2D eigenvalue weighted by atomic mass is 9.91. The van der Waals surface area contributed by atoms with Gasteiger partial charge in [-0.25, -0.2) is 0 Å². The third-order valence-corrected chi connectivity index (χ3v) is 4.85. The Morgan fingerprint density at radius 3 is 2.10 bits per heavy atom. The highest BCUT2D eigenvalue weighted by Gasteiger charge is 2.28. The predicted molar refractivity (Wildman–Crippen MR) is 114 cm³/mol. The molecule has 0 unspecified atom stereocenters. The van der Waals surface area contributed by atoms with Crippen LogP contribution in [0.15, 0.2) is 89.3 Å². The average molecular weight is 398 g/mol. The van der Waals surface area contributed by atoms with Gasteiger partial charge in [0.2, 0.25) is 5.89 Å². The largest absolute Gasteiger partial charge is 0.452 e. The van der Waals surface area contributed by atoms with Crippen LogP contribution in [0.5, 0.6) is 0 Å². The Balaban J connectivity index is 1.56. The molecule has 0 saturated carbocycles. The van der Waals surface area contributed by atoms with E-state index in [1.807, 2.05) is 91.9 Å². The maximum atomic E-state index is 13.1. The van der Waals surface area contributed by atoms with Crippen molar-refractivity contribution in [2.24, 2.45) is 0 Å². The summed E-state index contributed by atoms with van der Waals surface area (Å²) in [6.45, 7) is 3.73. The Morgan fingerprint density at radius 2 is 1.50 bits per heavy atom. The van der Waals surface area contributed by atoms with Crippen molar-refractivity contribution in [2.45, 2.75) is 25.9 Å². The standard InChI is InChI=1S/C25H22N2O3/c1-17-10-9-15-21(16-17)24-27-26-23(30-24)18(2)29-25(28)22(19-11-5-3-6-12-19)20-13-7-4-8-14-20/h3-16,18,22H,1-2H3/t18-/m1/s1. The van der Waals surface area contributed by atoms with E-state index in [1.165, 1.54) is 0 Å². The zero-order chi connectivity index (χ0) is 20.9. The number of nitrogens with zero attached hydrogens (tertiary/aromatic N) is 2. The van der Waals surface area contributed by atoms with E-state index in [0.29, 0.717) is 5.89 Å². The molecule has 3 aromatic carbocycles. The monoisotopic (exact) mass is 398 g/mol. The van der Waals surface area contributed by atoms with Crippen LogP contribution in [0.3, 0.4) is 0 Å². The molecule has 4 aromatic rings. The number of ether oxygens (including phenoxy) is 1. The van der Waals surface area contributed by atoms with Gasteiger partial charge in [-0.05, 0) is 37.1 Å². The van der Waals surface area contributed by atoms with Crippen molar-refractivity contribution >= 4 is 5.97 Å². The second-order valence-corrected chi connectivity index (χ2v) is 7.15. The molecule has 1 heterocycles. The van der Waals surface area contributed by atoms with Gasteiger partial charge < -0.3 is 9.15 Å². The first-order valence-corrected chi connectivity index (χ1v) is 9.82. The number of carbonyl (C=O) groups excluding carboxylic acids is 1. The maximum Gasteiger partial charge on any atom is 0.318 e. The SMILES string of the molecule is Cc1cccc(-c2nnc([C@@H](C)OC(=O)C(c3ccccc3)c3ccccc3)o2)c1. The molecule has 0 saturated heterocycles. The molecule has 4 rings (SSSR count). The first kappa shape index (κ1) is 19.6. The van der Waals surface area contributed by atoms with Crippen LogP contribution in [-0.4, -0.2) is 16.2 Å². The highest BCUT2D eigenvalue weighted by Crippen LogP contribution is 2.29. The summed E-state index contributed by atoms with van der Waals surface area (Å²) >= 11 is 0. The number of rotatable bonds is 6. The number of benzene rings is 3. The van der Waals surface area contributed by atoms with Gasteiger partial charge in [0.1, 0.15) is 5.92 Å². The van der Waals surface area contributed by atoms with Gasteiger partial charge in [-0.3, -0.25) is 4.79 Å². The smallest absolute Gasteiger partial charge is 0.318 e. The van der Waals surface area contributed by atoms with Crippen molar-refractivity contribution in [3.8, 4) is 11.5 Å². The molecule has 0 fully saturated rings. The van der Waals surface area contributed by atoms with Crippen molar-refractivity contribution < 1.29 is 13.9 Å². The zero-order valence-corrected chi connectivity index (χ0v) is 16.9. The second-order valence-electron chi connectivity index (χ2n) is 7.15. The van der Waals surface area contributed by atoms with Crippen molar-refractivity contribution in [2.75, 3.05) is 0 Å². The molecule has 1 aromatic heterocycles. The molecule has 30 heavy (non-hydrogen) atoms. The first-order chi connectivity index (χ1) is 14.6. The van der Waals surface area contributed by atoms with E-state index in [4.69, 9.17) is 9.15 Å². The molecule has 0 aliphatic carbocycles. The molecular formula is C25H22N2O3. The summed E-state index contributed by atoms with van der Waals surface area (Å²) in [6, 6.07) is 27.0. The van der Waals surface area contributed by atoms with Crippen molar-refractivity contribution in [1.29, 1.82) is 0 Å². The Kier molecular flexibility index (Phi) is 5.70. The van der Waals surface area contributed by atoms with Crippen molar-refractivity contribution in [1.82, 2.24) is 10.2 Å². The summed E-state index contributed by atoms with van der Waals surface area (Å²) in [7, 11) is 0.